The van der Waals surface area contributed by atoms with Crippen molar-refractivity contribution in [2.24, 2.45) is 0 Å². The Bertz CT molecular complexity index is 518. The van der Waals surface area contributed by atoms with Crippen LogP contribution < -0.4 is 10.2 Å². The molecule has 1 aromatic carbocycles. The highest BCUT2D eigenvalue weighted by molar-refractivity contribution is 5.91. The topological polar surface area (TPSA) is 61.8 Å². The zero-order valence-corrected chi connectivity index (χ0v) is 14.2. The van der Waals surface area contributed by atoms with Gasteiger partial charge < -0.3 is 20.1 Å². The van der Waals surface area contributed by atoms with E-state index in [9.17, 15) is 9.90 Å². The lowest BCUT2D eigenvalue weighted by Crippen LogP contribution is -2.35. The van der Waals surface area contributed by atoms with Gasteiger partial charge in [-0.3, -0.25) is 4.79 Å². The predicted molar refractivity (Wildman–Crippen MR) is 95.4 cm³/mol. The lowest BCUT2D eigenvalue weighted by atomic mass is 9.98. The monoisotopic (exact) mass is 332 g/mol. The molecular weight excluding hydrogens is 304 g/mol. The second kappa shape index (κ2) is 8.49. The van der Waals surface area contributed by atoms with E-state index in [2.05, 4.69) is 10.2 Å². The van der Waals surface area contributed by atoms with Crippen LogP contribution in [0.15, 0.2) is 24.3 Å². The molecule has 0 spiro atoms. The van der Waals surface area contributed by atoms with Crippen LogP contribution in [-0.4, -0.2) is 42.9 Å². The highest BCUT2D eigenvalue weighted by atomic mass is 16.5. The van der Waals surface area contributed by atoms with Crippen LogP contribution in [0.3, 0.4) is 0 Å². The minimum Gasteiger partial charge on any atom is -0.393 e. The third kappa shape index (κ3) is 4.95. The number of aliphatic hydroxyl groups is 1. The summed E-state index contributed by atoms with van der Waals surface area (Å²) in [4.78, 5) is 14.3. The zero-order valence-electron chi connectivity index (χ0n) is 14.2. The van der Waals surface area contributed by atoms with Crippen molar-refractivity contribution < 1.29 is 14.6 Å². The van der Waals surface area contributed by atoms with Gasteiger partial charge in [0, 0.05) is 24.5 Å². The number of piperidine rings is 1. The number of nitrogens with one attached hydrogen (secondary N) is 1. The summed E-state index contributed by atoms with van der Waals surface area (Å²) in [6, 6.07) is 7.91. The first-order valence-electron chi connectivity index (χ1n) is 9.15. The summed E-state index contributed by atoms with van der Waals surface area (Å²) in [5, 5.41) is 12.5. The third-order valence-corrected chi connectivity index (χ3v) is 4.98. The fourth-order valence-electron chi connectivity index (χ4n) is 3.50. The summed E-state index contributed by atoms with van der Waals surface area (Å²) >= 11 is 0. The van der Waals surface area contributed by atoms with Crippen LogP contribution in [0.4, 0.5) is 11.4 Å². The number of ether oxygens (including phenoxy) is 1. The normalized spacial score (nSPS) is 20.1. The molecule has 1 aromatic rings. The fourth-order valence-corrected chi connectivity index (χ4v) is 3.50. The highest BCUT2D eigenvalue weighted by Crippen LogP contribution is 2.22. The van der Waals surface area contributed by atoms with Crippen molar-refractivity contribution in [3.8, 4) is 0 Å². The largest absolute Gasteiger partial charge is 0.393 e. The van der Waals surface area contributed by atoms with E-state index in [1.165, 1.54) is 19.3 Å². The smallest absolute Gasteiger partial charge is 0.250 e. The first kappa shape index (κ1) is 17.2. The number of rotatable bonds is 5. The van der Waals surface area contributed by atoms with Crippen molar-refractivity contribution in [2.75, 3.05) is 29.9 Å². The molecule has 2 N–H and O–H groups in total. The Hall–Kier alpha value is -1.59. The van der Waals surface area contributed by atoms with Crippen molar-refractivity contribution in [3.63, 3.8) is 0 Å². The molecule has 1 aliphatic heterocycles. The number of hydrogen-bond donors (Lipinski definition) is 2. The summed E-state index contributed by atoms with van der Waals surface area (Å²) in [6.07, 6.45) is 7.58. The van der Waals surface area contributed by atoms with E-state index in [1.807, 2.05) is 24.3 Å². The molecule has 1 heterocycles. The van der Waals surface area contributed by atoms with E-state index in [1.54, 1.807) is 0 Å². The number of benzene rings is 1. The zero-order chi connectivity index (χ0) is 16.8. The van der Waals surface area contributed by atoms with Gasteiger partial charge in [-0.05, 0) is 49.9 Å². The van der Waals surface area contributed by atoms with Gasteiger partial charge in [0.15, 0.2) is 0 Å². The molecular formula is C19H28N2O3. The first-order valence-corrected chi connectivity index (χ1v) is 9.15. The van der Waals surface area contributed by atoms with Crippen LogP contribution in [0.5, 0.6) is 0 Å². The van der Waals surface area contributed by atoms with Crippen molar-refractivity contribution >= 4 is 17.3 Å². The standard InChI is InChI=1S/C19H28N2O3/c22-17-10-12-21(13-11-17)16-8-6-15(7-9-16)20-19(23)14-24-18-4-2-1-3-5-18/h6-9,17-18,22H,1-5,10-14H2,(H,20,23). The lowest BCUT2D eigenvalue weighted by Gasteiger charge is -2.31. The van der Waals surface area contributed by atoms with Gasteiger partial charge in [-0.15, -0.1) is 0 Å². The number of carbonyl (C=O) groups is 1. The SMILES string of the molecule is O=C(COC1CCCCC1)Nc1ccc(N2CCC(O)CC2)cc1. The van der Waals surface area contributed by atoms with E-state index in [-0.39, 0.29) is 24.7 Å². The Balaban J connectivity index is 1.44. The van der Waals surface area contributed by atoms with Gasteiger partial charge in [-0.1, -0.05) is 19.3 Å². The maximum atomic E-state index is 12.0. The quantitative estimate of drug-likeness (QED) is 0.870. The van der Waals surface area contributed by atoms with Gasteiger partial charge in [-0.25, -0.2) is 0 Å². The average Bonchev–Trinajstić information content (AvgIpc) is 2.62. The Kier molecular flexibility index (Phi) is 6.10. The molecule has 1 amide bonds. The van der Waals surface area contributed by atoms with Gasteiger partial charge in [0.1, 0.15) is 6.61 Å². The van der Waals surface area contributed by atoms with Crippen LogP contribution in [0.1, 0.15) is 44.9 Å². The van der Waals surface area contributed by atoms with E-state index in [0.29, 0.717) is 0 Å². The maximum absolute atomic E-state index is 12.0. The van der Waals surface area contributed by atoms with Crippen LogP contribution in [0.2, 0.25) is 0 Å². The van der Waals surface area contributed by atoms with Gasteiger partial charge in [0.2, 0.25) is 5.91 Å². The molecule has 0 atom stereocenters. The summed E-state index contributed by atoms with van der Waals surface area (Å²) in [6.45, 7) is 1.89. The van der Waals surface area contributed by atoms with Gasteiger partial charge >= 0.3 is 0 Å². The molecule has 0 radical (unpaired) electrons. The van der Waals surface area contributed by atoms with E-state index < -0.39 is 0 Å². The number of aliphatic hydroxyl groups excluding tert-OH is 1. The number of hydrogen-bond acceptors (Lipinski definition) is 4. The molecule has 2 fully saturated rings. The van der Waals surface area contributed by atoms with Gasteiger partial charge in [0.05, 0.1) is 12.2 Å². The Morgan fingerprint density at radius 1 is 1.08 bits per heavy atom. The molecule has 5 heteroatoms. The predicted octanol–water partition coefficient (Wildman–Crippen LogP) is 2.94. The molecule has 132 valence electrons. The Morgan fingerprint density at radius 3 is 2.42 bits per heavy atom. The second-order valence-electron chi connectivity index (χ2n) is 6.88. The van der Waals surface area contributed by atoms with Crippen molar-refractivity contribution in [1.82, 2.24) is 0 Å². The minimum atomic E-state index is -0.163. The Morgan fingerprint density at radius 2 is 1.75 bits per heavy atom. The van der Waals surface area contributed by atoms with Crippen molar-refractivity contribution in [1.29, 1.82) is 0 Å². The minimum absolute atomic E-state index is 0.0885. The number of amides is 1. The molecule has 1 saturated carbocycles. The molecule has 24 heavy (non-hydrogen) atoms. The van der Waals surface area contributed by atoms with Crippen molar-refractivity contribution in [3.05, 3.63) is 24.3 Å². The summed E-state index contributed by atoms with van der Waals surface area (Å²) < 4.78 is 5.70. The molecule has 5 nitrogen and oxygen atoms in total. The molecule has 1 aliphatic carbocycles. The number of anilines is 2. The van der Waals surface area contributed by atoms with Crippen LogP contribution in [-0.2, 0) is 9.53 Å². The highest BCUT2D eigenvalue weighted by Gasteiger charge is 2.17. The molecule has 1 saturated heterocycles. The summed E-state index contributed by atoms with van der Waals surface area (Å²) in [5.74, 6) is -0.0885. The molecule has 0 bridgehead atoms. The second-order valence-corrected chi connectivity index (χ2v) is 6.88. The number of carbonyl (C=O) groups excluding carboxylic acids is 1. The average molecular weight is 332 g/mol. The van der Waals surface area contributed by atoms with Crippen LogP contribution in [0, 0.1) is 0 Å². The third-order valence-electron chi connectivity index (χ3n) is 4.98. The first-order chi connectivity index (χ1) is 11.7. The summed E-state index contributed by atoms with van der Waals surface area (Å²) in [7, 11) is 0. The Labute approximate surface area is 144 Å². The lowest BCUT2D eigenvalue weighted by molar-refractivity contribution is -0.123. The molecule has 3 rings (SSSR count). The number of nitrogens with zero attached hydrogens (tertiary/aromatic N) is 1. The van der Waals surface area contributed by atoms with E-state index >= 15 is 0 Å². The summed E-state index contributed by atoms with van der Waals surface area (Å²) in [5.41, 5.74) is 1.94. The molecule has 0 unspecified atom stereocenters. The molecule has 2 aliphatic rings. The van der Waals surface area contributed by atoms with Crippen LogP contribution >= 0.6 is 0 Å². The fraction of sp³-hybridized carbons (Fsp3) is 0.632. The van der Waals surface area contributed by atoms with Crippen LogP contribution in [0.25, 0.3) is 0 Å². The van der Waals surface area contributed by atoms with E-state index in [0.717, 1.165) is 50.1 Å². The van der Waals surface area contributed by atoms with Crippen molar-refractivity contribution in [2.45, 2.75) is 57.2 Å². The maximum Gasteiger partial charge on any atom is 0.250 e. The van der Waals surface area contributed by atoms with Gasteiger partial charge in [-0.2, -0.15) is 0 Å². The van der Waals surface area contributed by atoms with E-state index in [4.69, 9.17) is 4.74 Å². The van der Waals surface area contributed by atoms with Gasteiger partial charge in [0.25, 0.3) is 0 Å². The molecule has 0 aromatic heterocycles.